The van der Waals surface area contributed by atoms with E-state index in [1.54, 1.807) is 0 Å². The highest BCUT2D eigenvalue weighted by Crippen LogP contribution is 2.42. The van der Waals surface area contributed by atoms with Gasteiger partial charge in [0.1, 0.15) is 6.61 Å². The number of ether oxygens (including phenoxy) is 3. The maximum absolute atomic E-state index is 12.8. The van der Waals surface area contributed by atoms with Crippen LogP contribution in [0, 0.1) is 0 Å². The molecule has 1 amide bonds. The summed E-state index contributed by atoms with van der Waals surface area (Å²) in [4.78, 5) is 14.7. The number of amides is 1. The number of piperidine rings is 2. The maximum atomic E-state index is 12.8. The molecule has 28 heavy (non-hydrogen) atoms. The van der Waals surface area contributed by atoms with Gasteiger partial charge in [-0.3, -0.25) is 0 Å². The Morgan fingerprint density at radius 3 is 2.46 bits per heavy atom. The summed E-state index contributed by atoms with van der Waals surface area (Å²) in [5.74, 6) is 0. The van der Waals surface area contributed by atoms with E-state index in [0.717, 1.165) is 44.5 Å². The van der Waals surface area contributed by atoms with Crippen molar-refractivity contribution >= 4 is 6.09 Å². The first-order chi connectivity index (χ1) is 13.6. The Morgan fingerprint density at radius 2 is 1.79 bits per heavy atom. The van der Waals surface area contributed by atoms with E-state index in [-0.39, 0.29) is 31.1 Å². The van der Waals surface area contributed by atoms with E-state index in [0.29, 0.717) is 25.7 Å². The molecule has 3 aliphatic rings. The number of nitrogens with zero attached hydrogens (tertiary/aromatic N) is 1. The molecule has 6 nitrogen and oxygen atoms in total. The first-order valence-electron chi connectivity index (χ1n) is 10.6. The molecule has 1 N–H and O–H groups in total. The summed E-state index contributed by atoms with van der Waals surface area (Å²) in [6, 6.07) is 9.85. The van der Waals surface area contributed by atoms with E-state index in [1.807, 2.05) is 35.2 Å². The number of fused-ring (bicyclic) bond motifs is 2. The quantitative estimate of drug-likeness (QED) is 0.833. The van der Waals surface area contributed by atoms with Crippen molar-refractivity contribution in [2.45, 2.75) is 81.9 Å². The summed E-state index contributed by atoms with van der Waals surface area (Å²) in [5, 5.41) is 11.2. The molecule has 6 heteroatoms. The van der Waals surface area contributed by atoms with E-state index in [4.69, 9.17) is 14.2 Å². The molecule has 1 aromatic rings. The number of hydrogen-bond donors (Lipinski definition) is 1. The molecule has 0 spiro atoms. The molecule has 0 saturated carbocycles. The van der Waals surface area contributed by atoms with E-state index < -0.39 is 5.60 Å². The largest absolute Gasteiger partial charge is 0.445 e. The molecule has 4 rings (SSSR count). The molecule has 3 saturated heterocycles. The van der Waals surface area contributed by atoms with Gasteiger partial charge < -0.3 is 24.2 Å². The molecule has 1 aromatic carbocycles. The molecular formula is C22H31NO5. The van der Waals surface area contributed by atoms with Crippen molar-refractivity contribution in [3.05, 3.63) is 35.9 Å². The maximum Gasteiger partial charge on any atom is 0.410 e. The molecule has 0 radical (unpaired) electrons. The van der Waals surface area contributed by atoms with Gasteiger partial charge in [0.05, 0.1) is 18.8 Å². The van der Waals surface area contributed by atoms with Crippen LogP contribution in [0.15, 0.2) is 30.3 Å². The Hall–Kier alpha value is -1.63. The van der Waals surface area contributed by atoms with Crippen LogP contribution in [0.2, 0.25) is 0 Å². The van der Waals surface area contributed by atoms with Crippen molar-refractivity contribution < 1.29 is 24.1 Å². The van der Waals surface area contributed by atoms with Gasteiger partial charge in [-0.05, 0) is 50.5 Å². The van der Waals surface area contributed by atoms with Crippen molar-refractivity contribution in [2.24, 2.45) is 0 Å². The average molecular weight is 389 g/mol. The van der Waals surface area contributed by atoms with Crippen LogP contribution >= 0.6 is 0 Å². The molecule has 0 aliphatic carbocycles. The van der Waals surface area contributed by atoms with Gasteiger partial charge in [-0.2, -0.15) is 0 Å². The second-order valence-corrected chi connectivity index (χ2v) is 8.38. The van der Waals surface area contributed by atoms with Gasteiger partial charge in [-0.1, -0.05) is 30.3 Å². The number of aliphatic hydroxyl groups is 1. The first-order valence-corrected chi connectivity index (χ1v) is 10.6. The zero-order valence-corrected chi connectivity index (χ0v) is 16.4. The third-order valence-corrected chi connectivity index (χ3v) is 6.25. The zero-order chi connectivity index (χ0) is 19.4. The van der Waals surface area contributed by atoms with Crippen LogP contribution in [0.1, 0.15) is 56.9 Å². The predicted molar refractivity (Wildman–Crippen MR) is 104 cm³/mol. The van der Waals surface area contributed by atoms with Gasteiger partial charge in [0.2, 0.25) is 0 Å². The SMILES string of the molecule is O=C(OCc1ccccc1)N1C2CCCC1CC(O)(CCC1OCCCO1)C2. The third kappa shape index (κ3) is 4.67. The fourth-order valence-electron chi connectivity index (χ4n) is 4.91. The lowest BCUT2D eigenvalue weighted by Crippen LogP contribution is -2.60. The van der Waals surface area contributed by atoms with Crippen molar-refractivity contribution in [1.29, 1.82) is 0 Å². The summed E-state index contributed by atoms with van der Waals surface area (Å²) in [7, 11) is 0. The first kappa shape index (κ1) is 19.7. The van der Waals surface area contributed by atoms with E-state index in [9.17, 15) is 9.90 Å². The molecular weight excluding hydrogens is 358 g/mol. The van der Waals surface area contributed by atoms with Gasteiger partial charge in [-0.15, -0.1) is 0 Å². The summed E-state index contributed by atoms with van der Waals surface area (Å²) in [5.41, 5.74) is 0.234. The average Bonchev–Trinajstić information content (AvgIpc) is 2.71. The summed E-state index contributed by atoms with van der Waals surface area (Å²) in [6.07, 6.45) is 6.00. The highest BCUT2D eigenvalue weighted by Gasteiger charge is 2.47. The number of carbonyl (C=O) groups is 1. The Bertz CT molecular complexity index is 632. The molecule has 0 aromatic heterocycles. The lowest BCUT2D eigenvalue weighted by atomic mass is 9.74. The van der Waals surface area contributed by atoms with Crippen LogP contribution in [0.25, 0.3) is 0 Å². The summed E-state index contributed by atoms with van der Waals surface area (Å²) < 4.78 is 16.8. The van der Waals surface area contributed by atoms with Crippen LogP contribution in [0.5, 0.6) is 0 Å². The van der Waals surface area contributed by atoms with Crippen LogP contribution in [0.4, 0.5) is 4.79 Å². The zero-order valence-electron chi connectivity index (χ0n) is 16.4. The monoisotopic (exact) mass is 389 g/mol. The van der Waals surface area contributed by atoms with Gasteiger partial charge in [-0.25, -0.2) is 4.79 Å². The van der Waals surface area contributed by atoms with Crippen molar-refractivity contribution in [3.8, 4) is 0 Å². The minimum absolute atomic E-state index is 0.0500. The van der Waals surface area contributed by atoms with Crippen LogP contribution in [-0.2, 0) is 20.8 Å². The summed E-state index contributed by atoms with van der Waals surface area (Å²) in [6.45, 7) is 1.75. The molecule has 154 valence electrons. The van der Waals surface area contributed by atoms with Crippen molar-refractivity contribution in [1.82, 2.24) is 4.90 Å². The topological polar surface area (TPSA) is 68.2 Å². The highest BCUT2D eigenvalue weighted by molar-refractivity contribution is 5.69. The Morgan fingerprint density at radius 1 is 1.11 bits per heavy atom. The van der Waals surface area contributed by atoms with Crippen LogP contribution in [-0.4, -0.2) is 53.3 Å². The lowest BCUT2D eigenvalue weighted by molar-refractivity contribution is -0.190. The number of rotatable bonds is 5. The number of carbonyl (C=O) groups excluding carboxylic acids is 1. The van der Waals surface area contributed by atoms with Crippen LogP contribution < -0.4 is 0 Å². The van der Waals surface area contributed by atoms with E-state index in [2.05, 4.69) is 0 Å². The number of hydrogen-bond acceptors (Lipinski definition) is 5. The Balaban J connectivity index is 1.34. The van der Waals surface area contributed by atoms with E-state index >= 15 is 0 Å². The minimum atomic E-state index is -0.754. The highest BCUT2D eigenvalue weighted by atomic mass is 16.7. The van der Waals surface area contributed by atoms with Crippen LogP contribution in [0.3, 0.4) is 0 Å². The van der Waals surface area contributed by atoms with Crippen molar-refractivity contribution in [2.75, 3.05) is 13.2 Å². The molecule has 3 heterocycles. The van der Waals surface area contributed by atoms with E-state index in [1.165, 1.54) is 0 Å². The molecule has 3 fully saturated rings. The summed E-state index contributed by atoms with van der Waals surface area (Å²) >= 11 is 0. The second kappa shape index (κ2) is 8.80. The Labute approximate surface area is 166 Å². The molecule has 2 bridgehead atoms. The normalized spacial score (nSPS) is 30.8. The minimum Gasteiger partial charge on any atom is -0.445 e. The third-order valence-electron chi connectivity index (χ3n) is 6.25. The molecule has 2 unspecified atom stereocenters. The van der Waals surface area contributed by atoms with Gasteiger partial charge in [0.25, 0.3) is 0 Å². The van der Waals surface area contributed by atoms with Gasteiger partial charge in [0, 0.05) is 18.5 Å². The Kier molecular flexibility index (Phi) is 6.19. The van der Waals surface area contributed by atoms with Gasteiger partial charge in [0.15, 0.2) is 6.29 Å². The predicted octanol–water partition coefficient (Wildman–Crippen LogP) is 3.61. The standard InChI is InChI=1S/C22H31NO5/c24-21(28-16-17-6-2-1-3-7-17)23-18-8-4-9-19(23)15-22(25,14-18)11-10-20-26-12-5-13-27-20/h1-3,6-7,18-20,25H,4-5,8-16H2. The number of benzene rings is 1. The fourth-order valence-corrected chi connectivity index (χ4v) is 4.91. The molecule has 3 aliphatic heterocycles. The van der Waals surface area contributed by atoms with Gasteiger partial charge >= 0.3 is 6.09 Å². The smallest absolute Gasteiger partial charge is 0.410 e. The second-order valence-electron chi connectivity index (χ2n) is 8.38. The van der Waals surface area contributed by atoms with Crippen molar-refractivity contribution in [3.63, 3.8) is 0 Å². The molecule has 2 atom stereocenters. The lowest BCUT2D eigenvalue weighted by Gasteiger charge is -2.51. The fraction of sp³-hybridized carbons (Fsp3) is 0.682.